The number of para-hydroxylation sites is 2. The first-order valence-electron chi connectivity index (χ1n) is 10.2. The van der Waals surface area contributed by atoms with Gasteiger partial charge >= 0.3 is 0 Å². The molecule has 5 heteroatoms. The molecule has 1 saturated heterocycles. The van der Waals surface area contributed by atoms with Gasteiger partial charge in [0.1, 0.15) is 5.82 Å². The number of H-pyrrole nitrogens is 1. The molecule has 3 rings (SSSR count). The van der Waals surface area contributed by atoms with Gasteiger partial charge in [0.2, 0.25) is 5.91 Å². The standard InChI is InChI=1S/C21H32N4O/c1-17-9-4-6-15-25(17)16-7-5-14-22-21(26)13-8-12-20-23-18-10-2-3-11-19(18)24-20/h2-3,10-11,17H,4-9,12-16H2,1H3,(H,22,26)(H,23,24). The van der Waals surface area contributed by atoms with E-state index in [0.29, 0.717) is 6.42 Å². The number of carbonyl (C=O) groups excluding carboxylic acids is 1. The number of hydrogen-bond donors (Lipinski definition) is 2. The summed E-state index contributed by atoms with van der Waals surface area (Å²) in [4.78, 5) is 22.4. The van der Waals surface area contributed by atoms with Crippen molar-refractivity contribution in [2.24, 2.45) is 0 Å². The maximum absolute atomic E-state index is 12.0. The highest BCUT2D eigenvalue weighted by Crippen LogP contribution is 2.16. The fourth-order valence-corrected chi connectivity index (χ4v) is 3.79. The highest BCUT2D eigenvalue weighted by atomic mass is 16.1. The Balaban J connectivity index is 1.25. The number of carbonyl (C=O) groups is 1. The molecule has 1 unspecified atom stereocenters. The maximum Gasteiger partial charge on any atom is 0.220 e. The first kappa shape index (κ1) is 18.9. The van der Waals surface area contributed by atoms with E-state index < -0.39 is 0 Å². The lowest BCUT2D eigenvalue weighted by molar-refractivity contribution is -0.121. The van der Waals surface area contributed by atoms with Crippen molar-refractivity contribution in [3.05, 3.63) is 30.1 Å². The van der Waals surface area contributed by atoms with Gasteiger partial charge in [-0.3, -0.25) is 4.79 Å². The Hall–Kier alpha value is -1.88. The molecule has 1 atom stereocenters. The van der Waals surface area contributed by atoms with Crippen molar-refractivity contribution < 1.29 is 4.79 Å². The number of rotatable bonds is 9. The number of aryl methyl sites for hydroxylation is 1. The molecule has 2 aromatic rings. The Bertz CT molecular complexity index is 663. The van der Waals surface area contributed by atoms with Gasteiger partial charge in [-0.2, -0.15) is 0 Å². The van der Waals surface area contributed by atoms with Gasteiger partial charge in [-0.15, -0.1) is 0 Å². The van der Waals surface area contributed by atoms with Crippen LogP contribution >= 0.6 is 0 Å². The van der Waals surface area contributed by atoms with Crippen LogP contribution in [-0.4, -0.2) is 46.5 Å². The van der Waals surface area contributed by atoms with Crippen LogP contribution in [0.2, 0.25) is 0 Å². The Morgan fingerprint density at radius 1 is 1.27 bits per heavy atom. The quantitative estimate of drug-likeness (QED) is 0.674. The van der Waals surface area contributed by atoms with E-state index in [1.165, 1.54) is 38.8 Å². The van der Waals surface area contributed by atoms with E-state index in [1.807, 2.05) is 24.3 Å². The van der Waals surface area contributed by atoms with E-state index in [2.05, 4.69) is 27.1 Å². The number of imidazole rings is 1. The first-order valence-corrected chi connectivity index (χ1v) is 10.2. The normalized spacial score (nSPS) is 18.3. The van der Waals surface area contributed by atoms with Gasteiger partial charge in [-0.25, -0.2) is 4.98 Å². The summed E-state index contributed by atoms with van der Waals surface area (Å²) in [5, 5.41) is 3.06. The van der Waals surface area contributed by atoms with E-state index in [-0.39, 0.29) is 5.91 Å². The first-order chi connectivity index (χ1) is 12.7. The zero-order chi connectivity index (χ0) is 18.2. The molecule has 0 radical (unpaired) electrons. The van der Waals surface area contributed by atoms with Gasteiger partial charge in [-0.1, -0.05) is 18.6 Å². The second kappa shape index (κ2) is 9.72. The molecule has 1 aliphatic rings. The van der Waals surface area contributed by atoms with Crippen LogP contribution < -0.4 is 5.32 Å². The minimum atomic E-state index is 0.160. The zero-order valence-corrected chi connectivity index (χ0v) is 16.0. The van der Waals surface area contributed by atoms with E-state index in [1.54, 1.807) is 0 Å². The molecule has 1 aromatic carbocycles. The number of nitrogens with zero attached hydrogens (tertiary/aromatic N) is 2. The van der Waals surface area contributed by atoms with Crippen molar-refractivity contribution in [2.45, 2.75) is 64.3 Å². The maximum atomic E-state index is 12.0. The molecule has 0 saturated carbocycles. The van der Waals surface area contributed by atoms with Gasteiger partial charge in [0.25, 0.3) is 0 Å². The number of amides is 1. The van der Waals surface area contributed by atoms with Gasteiger partial charge in [0, 0.05) is 25.4 Å². The summed E-state index contributed by atoms with van der Waals surface area (Å²) in [6.45, 7) is 5.55. The molecular weight excluding hydrogens is 324 g/mol. The number of likely N-dealkylation sites (tertiary alicyclic amines) is 1. The lowest BCUT2D eigenvalue weighted by atomic mass is 10.0. The summed E-state index contributed by atoms with van der Waals surface area (Å²) in [5.74, 6) is 1.13. The lowest BCUT2D eigenvalue weighted by Gasteiger charge is -2.33. The van der Waals surface area contributed by atoms with E-state index in [4.69, 9.17) is 0 Å². The SMILES string of the molecule is CC1CCCCN1CCCCNC(=O)CCCc1nc2ccccc2[nH]1. The van der Waals surface area contributed by atoms with Crippen LogP contribution in [0.5, 0.6) is 0 Å². The lowest BCUT2D eigenvalue weighted by Crippen LogP contribution is -2.38. The number of aromatic nitrogens is 2. The van der Waals surface area contributed by atoms with Crippen LogP contribution in [0.1, 0.15) is 57.7 Å². The molecule has 26 heavy (non-hydrogen) atoms. The number of unbranched alkanes of at least 4 members (excludes halogenated alkanes) is 1. The molecule has 5 nitrogen and oxygen atoms in total. The number of fused-ring (bicyclic) bond motifs is 1. The molecule has 1 aromatic heterocycles. The molecule has 142 valence electrons. The third-order valence-corrected chi connectivity index (χ3v) is 5.39. The summed E-state index contributed by atoms with van der Waals surface area (Å²) in [6, 6.07) is 8.77. The summed E-state index contributed by atoms with van der Waals surface area (Å²) < 4.78 is 0. The van der Waals surface area contributed by atoms with Crippen LogP contribution in [0.15, 0.2) is 24.3 Å². The van der Waals surface area contributed by atoms with Crippen molar-refractivity contribution in [3.8, 4) is 0 Å². The summed E-state index contributed by atoms with van der Waals surface area (Å²) in [7, 11) is 0. The molecule has 0 bridgehead atoms. The van der Waals surface area contributed by atoms with E-state index >= 15 is 0 Å². The molecule has 0 spiro atoms. The number of nitrogens with one attached hydrogen (secondary N) is 2. The van der Waals surface area contributed by atoms with Crippen molar-refractivity contribution in [2.75, 3.05) is 19.6 Å². The monoisotopic (exact) mass is 356 g/mol. The molecule has 1 aliphatic heterocycles. The summed E-state index contributed by atoms with van der Waals surface area (Å²) in [5.41, 5.74) is 2.06. The fraction of sp³-hybridized carbons (Fsp3) is 0.619. The van der Waals surface area contributed by atoms with Crippen LogP contribution in [0.25, 0.3) is 11.0 Å². The third kappa shape index (κ3) is 5.56. The van der Waals surface area contributed by atoms with Gasteiger partial charge in [-0.05, 0) is 64.3 Å². The fourth-order valence-electron chi connectivity index (χ4n) is 3.79. The highest BCUT2D eigenvalue weighted by Gasteiger charge is 2.17. The number of piperidine rings is 1. The Morgan fingerprint density at radius 3 is 3.00 bits per heavy atom. The van der Waals surface area contributed by atoms with Crippen LogP contribution in [-0.2, 0) is 11.2 Å². The van der Waals surface area contributed by atoms with Gasteiger partial charge < -0.3 is 15.2 Å². The largest absolute Gasteiger partial charge is 0.356 e. The molecular formula is C21H32N4O. The van der Waals surface area contributed by atoms with Gasteiger partial charge in [0.05, 0.1) is 11.0 Å². The summed E-state index contributed by atoms with van der Waals surface area (Å²) in [6.07, 6.45) is 8.50. The second-order valence-electron chi connectivity index (χ2n) is 7.49. The molecule has 2 N–H and O–H groups in total. The Labute approximate surface area is 156 Å². The van der Waals surface area contributed by atoms with E-state index in [9.17, 15) is 4.79 Å². The van der Waals surface area contributed by atoms with Crippen molar-refractivity contribution in [3.63, 3.8) is 0 Å². The number of benzene rings is 1. The minimum Gasteiger partial charge on any atom is -0.356 e. The summed E-state index contributed by atoms with van der Waals surface area (Å²) >= 11 is 0. The molecule has 2 heterocycles. The van der Waals surface area contributed by atoms with Crippen LogP contribution in [0.3, 0.4) is 0 Å². The number of hydrogen-bond acceptors (Lipinski definition) is 3. The van der Waals surface area contributed by atoms with Gasteiger partial charge in [0.15, 0.2) is 0 Å². The molecule has 1 fully saturated rings. The highest BCUT2D eigenvalue weighted by molar-refractivity contribution is 5.76. The molecule has 1 amide bonds. The van der Waals surface area contributed by atoms with Crippen LogP contribution in [0, 0.1) is 0 Å². The van der Waals surface area contributed by atoms with Crippen LogP contribution in [0.4, 0.5) is 0 Å². The van der Waals surface area contributed by atoms with E-state index in [0.717, 1.165) is 48.7 Å². The Morgan fingerprint density at radius 2 is 2.15 bits per heavy atom. The average Bonchev–Trinajstić information content (AvgIpc) is 3.05. The van der Waals surface area contributed by atoms with Crippen molar-refractivity contribution in [1.82, 2.24) is 20.2 Å². The zero-order valence-electron chi connectivity index (χ0n) is 16.0. The Kier molecular flexibility index (Phi) is 7.06. The predicted octanol–water partition coefficient (Wildman–Crippen LogP) is 3.66. The second-order valence-corrected chi connectivity index (χ2v) is 7.49. The smallest absolute Gasteiger partial charge is 0.220 e. The minimum absolute atomic E-state index is 0.160. The topological polar surface area (TPSA) is 61.0 Å². The third-order valence-electron chi connectivity index (χ3n) is 5.39. The van der Waals surface area contributed by atoms with Crippen molar-refractivity contribution in [1.29, 1.82) is 0 Å². The average molecular weight is 357 g/mol. The van der Waals surface area contributed by atoms with Crippen molar-refractivity contribution >= 4 is 16.9 Å². The predicted molar refractivity (Wildman–Crippen MR) is 106 cm³/mol. The molecule has 0 aliphatic carbocycles. The number of aromatic amines is 1.